The lowest BCUT2D eigenvalue weighted by molar-refractivity contribution is 1.07. The Balaban J connectivity index is 1.12. The SMILES string of the molecule is c1ccc(-c2nc(-c3ccccc3)nc(-c3ccc(-n4c5cc6ccn(-c7ccccc7)c6cc5c5ccc6c(c7ccccc7n6-c6ccccc6)c54)cc3)n2)cc1. The Kier molecular flexibility index (Phi) is 7.43. The van der Waals surface area contributed by atoms with Gasteiger partial charge in [-0.15, -0.1) is 0 Å². The zero-order chi connectivity index (χ0) is 38.9. The Labute approximate surface area is 339 Å². The third kappa shape index (κ3) is 5.31. The van der Waals surface area contributed by atoms with Gasteiger partial charge in [0.15, 0.2) is 17.5 Å². The third-order valence-corrected chi connectivity index (χ3v) is 11.5. The van der Waals surface area contributed by atoms with Crippen LogP contribution in [0.4, 0.5) is 0 Å². The van der Waals surface area contributed by atoms with Gasteiger partial charge in [0, 0.05) is 66.9 Å². The monoisotopic (exact) mass is 754 g/mol. The molecule has 12 aromatic rings. The summed E-state index contributed by atoms with van der Waals surface area (Å²) in [6, 6.07) is 70.5. The van der Waals surface area contributed by atoms with Crippen molar-refractivity contribution in [1.82, 2.24) is 28.7 Å². The van der Waals surface area contributed by atoms with E-state index in [1.54, 1.807) is 0 Å². The first kappa shape index (κ1) is 33.1. The molecule has 12 rings (SSSR count). The summed E-state index contributed by atoms with van der Waals surface area (Å²) in [5.74, 6) is 1.91. The molecular weight excluding hydrogens is 721 g/mol. The van der Waals surface area contributed by atoms with Crippen molar-refractivity contribution in [1.29, 1.82) is 0 Å². The van der Waals surface area contributed by atoms with Gasteiger partial charge in [0.1, 0.15) is 0 Å². The van der Waals surface area contributed by atoms with Crippen LogP contribution in [-0.2, 0) is 0 Å². The van der Waals surface area contributed by atoms with Crippen LogP contribution in [-0.4, -0.2) is 28.7 Å². The molecule has 0 aliphatic carbocycles. The molecule has 59 heavy (non-hydrogen) atoms. The predicted octanol–water partition coefficient (Wildman–Crippen LogP) is 13.0. The highest BCUT2D eigenvalue weighted by Crippen LogP contribution is 2.43. The van der Waals surface area contributed by atoms with Crippen molar-refractivity contribution in [2.24, 2.45) is 0 Å². The van der Waals surface area contributed by atoms with Crippen LogP contribution in [0.15, 0.2) is 206 Å². The second-order valence-electron chi connectivity index (χ2n) is 14.9. The van der Waals surface area contributed by atoms with Gasteiger partial charge in [-0.1, -0.05) is 121 Å². The molecular formula is C53H34N6. The Morgan fingerprint density at radius 3 is 1.51 bits per heavy atom. The van der Waals surface area contributed by atoms with E-state index in [4.69, 9.17) is 15.0 Å². The van der Waals surface area contributed by atoms with Gasteiger partial charge in [-0.05, 0) is 78.9 Å². The van der Waals surface area contributed by atoms with Gasteiger partial charge in [-0.25, -0.2) is 15.0 Å². The Morgan fingerprint density at radius 2 is 0.864 bits per heavy atom. The molecule has 0 aliphatic rings. The van der Waals surface area contributed by atoms with Crippen molar-refractivity contribution in [3.05, 3.63) is 206 Å². The second-order valence-corrected chi connectivity index (χ2v) is 14.9. The standard InChI is InChI=1S/C53H34N6/c1-5-15-35(16-6-1)51-54-52(36-17-7-2-8-18-36)56-53(55-51)37-25-27-41(28-26-37)59-48-33-38-31-32-57(39-19-9-3-10-20-39)47(38)34-44(48)42-29-30-46-49(50(42)59)43-23-13-14-24-45(43)58(46)40-21-11-4-12-22-40/h1-34H. The largest absolute Gasteiger partial charge is 0.317 e. The third-order valence-electron chi connectivity index (χ3n) is 11.5. The summed E-state index contributed by atoms with van der Waals surface area (Å²) in [7, 11) is 0. The first-order valence-electron chi connectivity index (χ1n) is 19.9. The van der Waals surface area contributed by atoms with Gasteiger partial charge in [0.25, 0.3) is 0 Å². The molecule has 0 radical (unpaired) electrons. The fourth-order valence-electron chi connectivity index (χ4n) is 8.82. The highest BCUT2D eigenvalue weighted by Gasteiger charge is 2.22. The lowest BCUT2D eigenvalue weighted by Crippen LogP contribution is -2.00. The zero-order valence-corrected chi connectivity index (χ0v) is 31.8. The van der Waals surface area contributed by atoms with E-state index >= 15 is 0 Å². The number of hydrogen-bond donors (Lipinski definition) is 0. The first-order chi connectivity index (χ1) is 29.3. The zero-order valence-electron chi connectivity index (χ0n) is 31.8. The predicted molar refractivity (Wildman–Crippen MR) is 242 cm³/mol. The van der Waals surface area contributed by atoms with Gasteiger partial charge in [0.2, 0.25) is 0 Å². The summed E-state index contributed by atoms with van der Waals surface area (Å²) in [6.07, 6.45) is 2.17. The summed E-state index contributed by atoms with van der Waals surface area (Å²) in [5, 5.41) is 6.01. The van der Waals surface area contributed by atoms with Crippen LogP contribution < -0.4 is 0 Å². The topological polar surface area (TPSA) is 53.5 Å². The summed E-state index contributed by atoms with van der Waals surface area (Å²) < 4.78 is 7.13. The van der Waals surface area contributed by atoms with E-state index in [2.05, 4.69) is 159 Å². The van der Waals surface area contributed by atoms with Crippen molar-refractivity contribution < 1.29 is 0 Å². The Hall–Kier alpha value is -8.09. The minimum atomic E-state index is 0.628. The molecule has 0 atom stereocenters. The van der Waals surface area contributed by atoms with Crippen molar-refractivity contribution in [2.75, 3.05) is 0 Å². The number of para-hydroxylation sites is 3. The molecule has 0 bridgehead atoms. The minimum Gasteiger partial charge on any atom is -0.317 e. The Morgan fingerprint density at radius 1 is 0.322 bits per heavy atom. The summed E-state index contributed by atoms with van der Waals surface area (Å²) in [4.78, 5) is 15.0. The van der Waals surface area contributed by atoms with Crippen LogP contribution in [0.2, 0.25) is 0 Å². The number of hydrogen-bond acceptors (Lipinski definition) is 3. The molecule has 0 unspecified atom stereocenters. The fourth-order valence-corrected chi connectivity index (χ4v) is 8.82. The van der Waals surface area contributed by atoms with E-state index in [0.29, 0.717) is 17.5 Å². The van der Waals surface area contributed by atoms with Gasteiger partial charge >= 0.3 is 0 Å². The van der Waals surface area contributed by atoms with E-state index in [-0.39, 0.29) is 0 Å². The van der Waals surface area contributed by atoms with E-state index in [1.165, 1.54) is 43.5 Å². The Bertz CT molecular complexity index is 3450. The molecule has 0 saturated heterocycles. The van der Waals surface area contributed by atoms with E-state index in [0.717, 1.165) is 44.8 Å². The molecule has 276 valence electrons. The van der Waals surface area contributed by atoms with Crippen molar-refractivity contribution in [3.8, 4) is 51.2 Å². The molecule has 4 aromatic heterocycles. The molecule has 0 amide bonds. The highest BCUT2D eigenvalue weighted by atomic mass is 15.0. The molecule has 0 aliphatic heterocycles. The van der Waals surface area contributed by atoms with E-state index in [1.807, 2.05) is 60.7 Å². The van der Waals surface area contributed by atoms with Crippen molar-refractivity contribution >= 4 is 54.5 Å². The van der Waals surface area contributed by atoms with Crippen molar-refractivity contribution in [3.63, 3.8) is 0 Å². The van der Waals surface area contributed by atoms with E-state index in [9.17, 15) is 0 Å². The van der Waals surface area contributed by atoms with E-state index < -0.39 is 0 Å². The maximum Gasteiger partial charge on any atom is 0.164 e. The van der Waals surface area contributed by atoms with Gasteiger partial charge in [-0.3, -0.25) is 0 Å². The smallest absolute Gasteiger partial charge is 0.164 e. The van der Waals surface area contributed by atoms with Crippen LogP contribution in [0.1, 0.15) is 0 Å². The number of aromatic nitrogens is 6. The summed E-state index contributed by atoms with van der Waals surface area (Å²) in [6.45, 7) is 0. The molecule has 6 heteroatoms. The summed E-state index contributed by atoms with van der Waals surface area (Å²) >= 11 is 0. The number of rotatable bonds is 6. The molecule has 0 saturated carbocycles. The number of nitrogens with zero attached hydrogens (tertiary/aromatic N) is 6. The lowest BCUT2D eigenvalue weighted by Gasteiger charge is -2.12. The van der Waals surface area contributed by atoms with Gasteiger partial charge in [-0.2, -0.15) is 0 Å². The first-order valence-corrected chi connectivity index (χ1v) is 19.9. The molecule has 4 heterocycles. The maximum atomic E-state index is 5.03. The van der Waals surface area contributed by atoms with Gasteiger partial charge < -0.3 is 13.7 Å². The number of fused-ring (bicyclic) bond motifs is 8. The maximum absolute atomic E-state index is 5.03. The number of benzene rings is 8. The van der Waals surface area contributed by atoms with Crippen molar-refractivity contribution in [2.45, 2.75) is 0 Å². The average Bonchev–Trinajstić information content (AvgIpc) is 3.99. The van der Waals surface area contributed by atoms with Crippen LogP contribution >= 0.6 is 0 Å². The normalized spacial score (nSPS) is 11.7. The molecule has 0 N–H and O–H groups in total. The highest BCUT2D eigenvalue weighted by molar-refractivity contribution is 6.27. The molecule has 0 spiro atoms. The molecule has 8 aromatic carbocycles. The minimum absolute atomic E-state index is 0.628. The quantitative estimate of drug-likeness (QED) is 0.170. The van der Waals surface area contributed by atoms with Crippen LogP contribution in [0.3, 0.4) is 0 Å². The molecule has 6 nitrogen and oxygen atoms in total. The fraction of sp³-hybridized carbons (Fsp3) is 0. The van der Waals surface area contributed by atoms with Crippen LogP contribution in [0, 0.1) is 0 Å². The molecule has 0 fully saturated rings. The second kappa shape index (κ2) is 13.3. The van der Waals surface area contributed by atoms with Crippen LogP contribution in [0.5, 0.6) is 0 Å². The lowest BCUT2D eigenvalue weighted by atomic mass is 10.1. The summed E-state index contributed by atoms with van der Waals surface area (Å²) in [5.41, 5.74) is 12.0. The van der Waals surface area contributed by atoms with Crippen LogP contribution in [0.25, 0.3) is 106 Å². The average molecular weight is 755 g/mol. The van der Waals surface area contributed by atoms with Gasteiger partial charge in [0.05, 0.1) is 27.6 Å².